The second-order valence-electron chi connectivity index (χ2n) is 3.63. The summed E-state index contributed by atoms with van der Waals surface area (Å²) in [5.41, 5.74) is 1.14. The van der Waals surface area contributed by atoms with Gasteiger partial charge < -0.3 is 5.32 Å². The summed E-state index contributed by atoms with van der Waals surface area (Å²) in [7, 11) is 0. The number of rotatable bonds is 4. The average molecular weight is 289 g/mol. The summed E-state index contributed by atoms with van der Waals surface area (Å²) in [6.07, 6.45) is 4.18. The van der Waals surface area contributed by atoms with E-state index in [9.17, 15) is 0 Å². The fourth-order valence-corrected chi connectivity index (χ4v) is 1.94. The summed E-state index contributed by atoms with van der Waals surface area (Å²) in [4.78, 5) is 0. The molecule has 0 saturated heterocycles. The molecule has 0 unspecified atom stereocenters. The number of benzene rings is 1. The molecule has 0 heterocycles. The van der Waals surface area contributed by atoms with Crippen molar-refractivity contribution >= 4 is 33.6 Å². The van der Waals surface area contributed by atoms with Crippen LogP contribution in [0.2, 0.25) is 5.02 Å². The van der Waals surface area contributed by atoms with E-state index in [2.05, 4.69) is 47.2 Å². The Bertz CT molecular complexity index is 347. The highest BCUT2D eigenvalue weighted by atomic mass is 79.9. The van der Waals surface area contributed by atoms with Crippen LogP contribution >= 0.6 is 27.5 Å². The van der Waals surface area contributed by atoms with Crippen LogP contribution in [0.1, 0.15) is 19.4 Å². The number of hydrogen-bond acceptors (Lipinski definition) is 1. The standard InChI is InChI=1S/C12H15BrClN/c1-9(2)15-7-3-4-10-5-6-11(14)8-12(10)13/h3-6,8-9,15H,7H2,1-2H3/b4-3+. The highest BCUT2D eigenvalue weighted by molar-refractivity contribution is 9.10. The third-order valence-corrected chi connectivity index (χ3v) is 2.83. The van der Waals surface area contributed by atoms with Crippen molar-refractivity contribution in [2.45, 2.75) is 19.9 Å². The molecule has 0 amide bonds. The van der Waals surface area contributed by atoms with Crippen LogP contribution < -0.4 is 5.32 Å². The first-order chi connectivity index (χ1) is 7.09. The van der Waals surface area contributed by atoms with Crippen LogP contribution in [0.3, 0.4) is 0 Å². The Labute approximate surface area is 105 Å². The molecule has 1 aromatic rings. The Morgan fingerprint density at radius 3 is 2.80 bits per heavy atom. The van der Waals surface area contributed by atoms with Gasteiger partial charge in [-0.1, -0.05) is 59.6 Å². The molecule has 1 aromatic carbocycles. The van der Waals surface area contributed by atoms with Crippen LogP contribution in [0.25, 0.3) is 6.08 Å². The number of hydrogen-bond donors (Lipinski definition) is 1. The molecule has 0 radical (unpaired) electrons. The lowest BCUT2D eigenvalue weighted by atomic mass is 10.2. The van der Waals surface area contributed by atoms with E-state index in [1.54, 1.807) is 0 Å². The maximum absolute atomic E-state index is 5.85. The lowest BCUT2D eigenvalue weighted by molar-refractivity contribution is 0.633. The van der Waals surface area contributed by atoms with Gasteiger partial charge in [-0.15, -0.1) is 0 Å². The van der Waals surface area contributed by atoms with Gasteiger partial charge in [0.15, 0.2) is 0 Å². The van der Waals surface area contributed by atoms with Gasteiger partial charge in [0.05, 0.1) is 0 Å². The molecule has 0 aliphatic carbocycles. The second kappa shape index (κ2) is 6.31. The Kier molecular flexibility index (Phi) is 5.37. The van der Waals surface area contributed by atoms with Gasteiger partial charge >= 0.3 is 0 Å². The van der Waals surface area contributed by atoms with E-state index in [1.165, 1.54) is 0 Å². The third kappa shape index (κ3) is 4.83. The lowest BCUT2D eigenvalue weighted by Crippen LogP contribution is -2.22. The average Bonchev–Trinajstić information content (AvgIpc) is 2.14. The normalized spacial score (nSPS) is 11.5. The molecule has 1 nitrogen and oxygen atoms in total. The minimum Gasteiger partial charge on any atom is -0.311 e. The molecule has 1 rings (SSSR count). The molecule has 3 heteroatoms. The van der Waals surface area contributed by atoms with E-state index >= 15 is 0 Å². The predicted molar refractivity (Wildman–Crippen MR) is 71.3 cm³/mol. The summed E-state index contributed by atoms with van der Waals surface area (Å²) in [5.74, 6) is 0. The summed E-state index contributed by atoms with van der Waals surface area (Å²) in [6.45, 7) is 5.14. The quantitative estimate of drug-likeness (QED) is 0.879. The van der Waals surface area contributed by atoms with Gasteiger partial charge in [-0.3, -0.25) is 0 Å². The highest BCUT2D eigenvalue weighted by Gasteiger charge is 1.96. The fourth-order valence-electron chi connectivity index (χ4n) is 1.13. The molecule has 0 aromatic heterocycles. The van der Waals surface area contributed by atoms with E-state index in [0.717, 1.165) is 21.6 Å². The van der Waals surface area contributed by atoms with E-state index in [0.29, 0.717) is 6.04 Å². The largest absolute Gasteiger partial charge is 0.311 e. The van der Waals surface area contributed by atoms with Crippen LogP contribution in [0.15, 0.2) is 28.7 Å². The van der Waals surface area contributed by atoms with Crippen LogP contribution in [-0.4, -0.2) is 12.6 Å². The minimum absolute atomic E-state index is 0.517. The second-order valence-corrected chi connectivity index (χ2v) is 4.92. The van der Waals surface area contributed by atoms with E-state index in [-0.39, 0.29) is 0 Å². The monoisotopic (exact) mass is 287 g/mol. The summed E-state index contributed by atoms with van der Waals surface area (Å²) >= 11 is 9.33. The molecule has 0 bridgehead atoms. The maximum Gasteiger partial charge on any atom is 0.0417 e. The van der Waals surface area contributed by atoms with Gasteiger partial charge in [0, 0.05) is 22.1 Å². The van der Waals surface area contributed by atoms with Crippen molar-refractivity contribution < 1.29 is 0 Å². The van der Waals surface area contributed by atoms with Crippen LogP contribution in [0.5, 0.6) is 0 Å². The Morgan fingerprint density at radius 2 is 2.20 bits per heavy atom. The van der Waals surface area contributed by atoms with Gasteiger partial charge in [0.25, 0.3) is 0 Å². The van der Waals surface area contributed by atoms with Crippen molar-refractivity contribution in [3.8, 4) is 0 Å². The molecule has 0 atom stereocenters. The molecule has 1 N–H and O–H groups in total. The van der Waals surface area contributed by atoms with Crippen LogP contribution in [-0.2, 0) is 0 Å². The fraction of sp³-hybridized carbons (Fsp3) is 0.333. The molecule has 0 fully saturated rings. The molecule has 15 heavy (non-hydrogen) atoms. The van der Waals surface area contributed by atoms with Gasteiger partial charge in [0.2, 0.25) is 0 Å². The van der Waals surface area contributed by atoms with E-state index in [1.807, 2.05) is 18.2 Å². The smallest absolute Gasteiger partial charge is 0.0417 e. The molecule has 0 aliphatic heterocycles. The first kappa shape index (κ1) is 12.8. The van der Waals surface area contributed by atoms with E-state index < -0.39 is 0 Å². The van der Waals surface area contributed by atoms with Crippen molar-refractivity contribution in [3.63, 3.8) is 0 Å². The number of nitrogens with one attached hydrogen (secondary N) is 1. The van der Waals surface area contributed by atoms with Gasteiger partial charge in [0.1, 0.15) is 0 Å². The van der Waals surface area contributed by atoms with Crippen molar-refractivity contribution in [2.75, 3.05) is 6.54 Å². The molecular weight excluding hydrogens is 273 g/mol. The van der Waals surface area contributed by atoms with Crippen LogP contribution in [0.4, 0.5) is 0 Å². The van der Waals surface area contributed by atoms with Crippen molar-refractivity contribution in [2.24, 2.45) is 0 Å². The van der Waals surface area contributed by atoms with Gasteiger partial charge in [-0.05, 0) is 17.7 Å². The highest BCUT2D eigenvalue weighted by Crippen LogP contribution is 2.22. The summed E-state index contributed by atoms with van der Waals surface area (Å²) in [5, 5.41) is 4.07. The first-order valence-corrected chi connectivity index (χ1v) is 6.11. The van der Waals surface area contributed by atoms with Gasteiger partial charge in [-0.2, -0.15) is 0 Å². The van der Waals surface area contributed by atoms with Crippen molar-refractivity contribution in [1.29, 1.82) is 0 Å². The topological polar surface area (TPSA) is 12.0 Å². The predicted octanol–water partition coefficient (Wildman–Crippen LogP) is 4.11. The molecule has 0 aliphatic rings. The maximum atomic E-state index is 5.85. The Balaban J connectivity index is 2.57. The SMILES string of the molecule is CC(C)NC/C=C/c1ccc(Cl)cc1Br. The summed E-state index contributed by atoms with van der Waals surface area (Å²) in [6, 6.07) is 6.31. The Morgan fingerprint density at radius 1 is 1.47 bits per heavy atom. The zero-order chi connectivity index (χ0) is 11.3. The summed E-state index contributed by atoms with van der Waals surface area (Å²) < 4.78 is 1.02. The van der Waals surface area contributed by atoms with Gasteiger partial charge in [-0.25, -0.2) is 0 Å². The van der Waals surface area contributed by atoms with Crippen molar-refractivity contribution in [1.82, 2.24) is 5.32 Å². The number of halogens is 2. The minimum atomic E-state index is 0.517. The van der Waals surface area contributed by atoms with Crippen LogP contribution in [0, 0.1) is 0 Å². The first-order valence-electron chi connectivity index (χ1n) is 4.94. The van der Waals surface area contributed by atoms with Crippen molar-refractivity contribution in [3.05, 3.63) is 39.3 Å². The Hall–Kier alpha value is -0.310. The molecular formula is C12H15BrClN. The zero-order valence-corrected chi connectivity index (χ0v) is 11.3. The third-order valence-electron chi connectivity index (χ3n) is 1.90. The zero-order valence-electron chi connectivity index (χ0n) is 8.93. The van der Waals surface area contributed by atoms with E-state index in [4.69, 9.17) is 11.6 Å². The molecule has 0 saturated carbocycles. The molecule has 0 spiro atoms. The lowest BCUT2D eigenvalue weighted by Gasteiger charge is -2.04. The molecule has 82 valence electrons.